The molecule has 1 aromatic carbocycles. The first-order chi connectivity index (χ1) is 7.59. The van der Waals surface area contributed by atoms with E-state index < -0.39 is 11.8 Å². The van der Waals surface area contributed by atoms with Crippen LogP contribution in [-0.4, -0.2) is 16.1 Å². The lowest BCUT2D eigenvalue weighted by Gasteiger charge is -2.03. The number of nitrogens with zero attached hydrogens (tertiary/aromatic N) is 1. The summed E-state index contributed by atoms with van der Waals surface area (Å²) in [5.41, 5.74) is 0.00227. The summed E-state index contributed by atoms with van der Waals surface area (Å²) in [7, 11) is 0. The van der Waals surface area contributed by atoms with Gasteiger partial charge in [-0.25, -0.2) is 14.2 Å². The van der Waals surface area contributed by atoms with Crippen LogP contribution in [-0.2, 0) is 0 Å². The van der Waals surface area contributed by atoms with Crippen LogP contribution in [0.5, 0.6) is 0 Å². The Labute approximate surface area is 95.2 Å². The number of aromatic carboxylic acids is 1. The molecule has 0 aliphatic rings. The molecule has 82 valence electrons. The van der Waals surface area contributed by atoms with Gasteiger partial charge in [-0.1, -0.05) is 12.1 Å². The number of thiazole rings is 1. The quantitative estimate of drug-likeness (QED) is 0.873. The van der Waals surface area contributed by atoms with Crippen LogP contribution in [0.2, 0.25) is 0 Å². The fourth-order valence-electron chi connectivity index (χ4n) is 1.40. The fraction of sp³-hybridized carbons (Fsp3) is 0.0909. The molecule has 0 aliphatic heterocycles. The molecule has 16 heavy (non-hydrogen) atoms. The first-order valence-electron chi connectivity index (χ1n) is 4.54. The van der Waals surface area contributed by atoms with Gasteiger partial charge in [-0.05, 0) is 13.0 Å². The van der Waals surface area contributed by atoms with Crippen LogP contribution < -0.4 is 0 Å². The van der Waals surface area contributed by atoms with Gasteiger partial charge < -0.3 is 5.11 Å². The zero-order chi connectivity index (χ0) is 11.7. The highest BCUT2D eigenvalue weighted by Gasteiger charge is 2.18. The average Bonchev–Trinajstić information content (AvgIpc) is 2.63. The van der Waals surface area contributed by atoms with E-state index in [2.05, 4.69) is 4.98 Å². The monoisotopic (exact) mass is 237 g/mol. The van der Waals surface area contributed by atoms with Gasteiger partial charge in [0.25, 0.3) is 0 Å². The number of carboxylic acid groups (broad SMARTS) is 1. The number of rotatable bonds is 2. The molecule has 0 saturated carbocycles. The Hall–Kier alpha value is -1.75. The third-order valence-electron chi connectivity index (χ3n) is 2.08. The maximum absolute atomic E-state index is 13.4. The lowest BCUT2D eigenvalue weighted by molar-refractivity contribution is 0.0693. The normalized spacial score (nSPS) is 10.4. The first-order valence-corrected chi connectivity index (χ1v) is 5.36. The second-order valence-electron chi connectivity index (χ2n) is 3.24. The van der Waals surface area contributed by atoms with Crippen molar-refractivity contribution in [2.45, 2.75) is 6.92 Å². The molecule has 0 saturated heterocycles. The van der Waals surface area contributed by atoms with Crippen LogP contribution in [0.1, 0.15) is 15.2 Å². The summed E-state index contributed by atoms with van der Waals surface area (Å²) in [6.45, 7) is 1.86. The highest BCUT2D eigenvalue weighted by Crippen LogP contribution is 2.29. The molecular formula is C11H8FNO2S. The molecule has 0 unspecified atom stereocenters. The number of benzene rings is 1. The second-order valence-corrected chi connectivity index (χ2v) is 4.48. The van der Waals surface area contributed by atoms with E-state index >= 15 is 0 Å². The van der Waals surface area contributed by atoms with Gasteiger partial charge in [-0.2, -0.15) is 0 Å². The van der Waals surface area contributed by atoms with Gasteiger partial charge >= 0.3 is 5.97 Å². The molecule has 0 bridgehead atoms. The minimum Gasteiger partial charge on any atom is -0.478 e. The molecule has 3 nitrogen and oxygen atoms in total. The number of halogens is 1. The molecule has 0 spiro atoms. The Morgan fingerprint density at radius 2 is 2.25 bits per heavy atom. The van der Waals surface area contributed by atoms with Crippen LogP contribution >= 0.6 is 11.3 Å². The van der Waals surface area contributed by atoms with Gasteiger partial charge in [0, 0.05) is 16.6 Å². The van der Waals surface area contributed by atoms with Crippen molar-refractivity contribution >= 4 is 17.3 Å². The van der Waals surface area contributed by atoms with Crippen LogP contribution in [0.3, 0.4) is 0 Å². The number of aryl methyl sites for hydroxylation is 1. The van der Waals surface area contributed by atoms with E-state index in [9.17, 15) is 9.18 Å². The first kappa shape index (κ1) is 10.8. The highest BCUT2D eigenvalue weighted by molar-refractivity contribution is 7.15. The standard InChI is InChI=1S/C11H8FNO2S/c1-6-5-13-10(16-6)7-3-2-4-8(12)9(7)11(14)15/h2-5H,1H3,(H,14,15). The fourth-order valence-corrected chi connectivity index (χ4v) is 2.19. The lowest BCUT2D eigenvalue weighted by Crippen LogP contribution is -2.03. The molecular weight excluding hydrogens is 229 g/mol. The Balaban J connectivity index is 2.65. The average molecular weight is 237 g/mol. The Morgan fingerprint density at radius 1 is 1.50 bits per heavy atom. The van der Waals surface area contributed by atoms with Crippen LogP contribution in [0.4, 0.5) is 4.39 Å². The maximum atomic E-state index is 13.4. The van der Waals surface area contributed by atoms with E-state index in [1.807, 2.05) is 6.92 Å². The third kappa shape index (κ3) is 1.81. The molecule has 0 atom stereocenters. The van der Waals surface area contributed by atoms with Crippen molar-refractivity contribution in [3.05, 3.63) is 40.7 Å². The summed E-state index contributed by atoms with van der Waals surface area (Å²) >= 11 is 1.34. The topological polar surface area (TPSA) is 50.2 Å². The Kier molecular flexibility index (Phi) is 2.70. The largest absolute Gasteiger partial charge is 0.478 e. The molecule has 0 amide bonds. The molecule has 2 rings (SSSR count). The predicted octanol–water partition coefficient (Wildman–Crippen LogP) is 2.96. The van der Waals surface area contributed by atoms with E-state index in [1.165, 1.54) is 17.4 Å². The summed E-state index contributed by atoms with van der Waals surface area (Å²) in [6, 6.07) is 4.17. The van der Waals surface area contributed by atoms with Crippen LogP contribution in [0, 0.1) is 12.7 Å². The van der Waals surface area contributed by atoms with Gasteiger partial charge in [0.1, 0.15) is 16.4 Å². The van der Waals surface area contributed by atoms with E-state index in [0.717, 1.165) is 10.9 Å². The molecule has 0 fully saturated rings. The zero-order valence-electron chi connectivity index (χ0n) is 8.40. The highest BCUT2D eigenvalue weighted by atomic mass is 32.1. The molecule has 2 aromatic rings. The van der Waals surface area contributed by atoms with E-state index in [4.69, 9.17) is 5.11 Å². The van der Waals surface area contributed by atoms with Gasteiger partial charge in [-0.15, -0.1) is 11.3 Å². The number of hydrogen-bond donors (Lipinski definition) is 1. The number of carboxylic acids is 1. The van der Waals surface area contributed by atoms with Crippen molar-refractivity contribution in [3.8, 4) is 10.6 Å². The van der Waals surface area contributed by atoms with Crippen molar-refractivity contribution < 1.29 is 14.3 Å². The number of hydrogen-bond acceptors (Lipinski definition) is 3. The molecule has 0 aliphatic carbocycles. The molecule has 5 heteroatoms. The van der Waals surface area contributed by atoms with E-state index in [-0.39, 0.29) is 5.56 Å². The predicted molar refractivity (Wildman–Crippen MR) is 59.2 cm³/mol. The molecule has 0 radical (unpaired) electrons. The van der Waals surface area contributed by atoms with Gasteiger partial charge in [-0.3, -0.25) is 0 Å². The molecule has 1 heterocycles. The van der Waals surface area contributed by atoms with Gasteiger partial charge in [0.15, 0.2) is 0 Å². The summed E-state index contributed by atoms with van der Waals surface area (Å²) in [5, 5.41) is 9.47. The van der Waals surface area contributed by atoms with Crippen molar-refractivity contribution in [1.29, 1.82) is 0 Å². The lowest BCUT2D eigenvalue weighted by atomic mass is 10.1. The van der Waals surface area contributed by atoms with Crippen molar-refractivity contribution in [2.24, 2.45) is 0 Å². The minimum atomic E-state index is -1.28. The molecule has 1 N–H and O–H groups in total. The summed E-state index contributed by atoms with van der Waals surface area (Å²) in [6.07, 6.45) is 1.64. The van der Waals surface area contributed by atoms with Crippen molar-refractivity contribution in [2.75, 3.05) is 0 Å². The Bertz CT molecular complexity index is 551. The van der Waals surface area contributed by atoms with Crippen molar-refractivity contribution in [3.63, 3.8) is 0 Å². The number of aromatic nitrogens is 1. The second kappa shape index (κ2) is 4.02. The van der Waals surface area contributed by atoms with E-state index in [0.29, 0.717) is 10.6 Å². The van der Waals surface area contributed by atoms with Crippen LogP contribution in [0.15, 0.2) is 24.4 Å². The number of carbonyl (C=O) groups is 1. The summed E-state index contributed by atoms with van der Waals surface area (Å²) in [4.78, 5) is 16.0. The van der Waals surface area contributed by atoms with Crippen LogP contribution in [0.25, 0.3) is 10.6 Å². The zero-order valence-corrected chi connectivity index (χ0v) is 9.21. The minimum absolute atomic E-state index is 0.322. The third-order valence-corrected chi connectivity index (χ3v) is 3.03. The molecule has 1 aromatic heterocycles. The van der Waals surface area contributed by atoms with Gasteiger partial charge in [0.05, 0.1) is 0 Å². The SMILES string of the molecule is Cc1cnc(-c2cccc(F)c2C(=O)O)s1. The van der Waals surface area contributed by atoms with Gasteiger partial charge in [0.2, 0.25) is 0 Å². The van der Waals surface area contributed by atoms with Crippen molar-refractivity contribution in [1.82, 2.24) is 4.98 Å². The smallest absolute Gasteiger partial charge is 0.339 e. The summed E-state index contributed by atoms with van der Waals surface area (Å²) < 4.78 is 13.4. The maximum Gasteiger partial charge on any atom is 0.339 e. The van der Waals surface area contributed by atoms with E-state index in [1.54, 1.807) is 12.3 Å². The Morgan fingerprint density at radius 3 is 2.81 bits per heavy atom. The summed E-state index contributed by atoms with van der Waals surface area (Å²) in [5.74, 6) is -2.01.